The minimum absolute atomic E-state index is 0.0666. The van der Waals surface area contributed by atoms with Gasteiger partial charge in [-0.25, -0.2) is 4.98 Å². The molecule has 0 aliphatic heterocycles. The van der Waals surface area contributed by atoms with E-state index in [-0.39, 0.29) is 16.8 Å². The van der Waals surface area contributed by atoms with Crippen molar-refractivity contribution >= 4 is 56.0 Å². The van der Waals surface area contributed by atoms with Gasteiger partial charge < -0.3 is 14.8 Å². The Morgan fingerprint density at radius 1 is 1.13 bits per heavy atom. The number of aromatic nitrogens is 1. The molecule has 0 spiro atoms. The Labute approximate surface area is 186 Å². The molecule has 30 heavy (non-hydrogen) atoms. The molecular formula is C22H16BrN3O3S. The molecule has 0 aliphatic rings. The Morgan fingerprint density at radius 2 is 1.87 bits per heavy atom. The highest BCUT2D eigenvalue weighted by Crippen LogP contribution is 2.36. The normalized spacial score (nSPS) is 10.7. The van der Waals surface area contributed by atoms with E-state index in [1.165, 1.54) is 0 Å². The standard InChI is InChI=1S/C22H16BrN3O3S/c1-12-10-15(24-22(30)26-20(28)13-6-8-14(23)9-7-13)11-16(19(12)27)21-25-17-4-2-3-5-18(17)29-21/h2-11,27H,1H3,(H2,24,26,28,30). The second kappa shape index (κ2) is 8.25. The van der Waals surface area contributed by atoms with Crippen molar-refractivity contribution in [1.82, 2.24) is 10.3 Å². The van der Waals surface area contributed by atoms with E-state index in [1.807, 2.05) is 24.3 Å². The lowest BCUT2D eigenvalue weighted by atomic mass is 10.1. The molecule has 0 unspecified atom stereocenters. The van der Waals surface area contributed by atoms with Crippen molar-refractivity contribution in [3.05, 3.63) is 76.3 Å². The molecular weight excluding hydrogens is 466 g/mol. The summed E-state index contributed by atoms with van der Waals surface area (Å²) in [6.07, 6.45) is 0. The Bertz CT molecular complexity index is 1240. The number of anilines is 1. The zero-order chi connectivity index (χ0) is 21.3. The molecule has 3 N–H and O–H groups in total. The fraction of sp³-hybridized carbons (Fsp3) is 0.0455. The average Bonchev–Trinajstić information content (AvgIpc) is 3.15. The number of rotatable bonds is 3. The van der Waals surface area contributed by atoms with Gasteiger partial charge in [-0.2, -0.15) is 0 Å². The van der Waals surface area contributed by atoms with Crippen molar-refractivity contribution in [3.63, 3.8) is 0 Å². The van der Waals surface area contributed by atoms with Crippen LogP contribution in [0.1, 0.15) is 15.9 Å². The Hall–Kier alpha value is -3.23. The first-order valence-corrected chi connectivity index (χ1v) is 10.2. The van der Waals surface area contributed by atoms with Crippen LogP contribution in [0.15, 0.2) is 69.6 Å². The maximum Gasteiger partial charge on any atom is 0.257 e. The van der Waals surface area contributed by atoms with E-state index in [0.29, 0.717) is 39.4 Å². The summed E-state index contributed by atoms with van der Waals surface area (Å²) in [4.78, 5) is 16.8. The third-order valence-electron chi connectivity index (χ3n) is 4.42. The SMILES string of the molecule is Cc1cc(NC(=S)NC(=O)c2ccc(Br)cc2)cc(-c2nc3ccccc3o2)c1O. The van der Waals surface area contributed by atoms with Crippen LogP contribution in [0.4, 0.5) is 5.69 Å². The third-order valence-corrected chi connectivity index (χ3v) is 5.15. The number of para-hydroxylation sites is 2. The van der Waals surface area contributed by atoms with Crippen LogP contribution in [0.5, 0.6) is 5.75 Å². The van der Waals surface area contributed by atoms with E-state index in [2.05, 4.69) is 31.5 Å². The predicted molar refractivity (Wildman–Crippen MR) is 124 cm³/mol. The van der Waals surface area contributed by atoms with Crippen LogP contribution in [-0.4, -0.2) is 21.1 Å². The fourth-order valence-corrected chi connectivity index (χ4v) is 3.42. The van der Waals surface area contributed by atoms with Crippen LogP contribution in [0.25, 0.3) is 22.6 Å². The number of oxazole rings is 1. The first kappa shape index (κ1) is 20.1. The molecule has 8 heteroatoms. The highest BCUT2D eigenvalue weighted by atomic mass is 79.9. The quantitative estimate of drug-likeness (QED) is 0.268. The Morgan fingerprint density at radius 3 is 2.60 bits per heavy atom. The lowest BCUT2D eigenvalue weighted by Gasteiger charge is -2.12. The second-order valence-corrected chi connectivity index (χ2v) is 7.92. The largest absolute Gasteiger partial charge is 0.507 e. The van der Waals surface area contributed by atoms with E-state index in [9.17, 15) is 9.90 Å². The van der Waals surface area contributed by atoms with Crippen molar-refractivity contribution in [2.24, 2.45) is 0 Å². The topological polar surface area (TPSA) is 87.4 Å². The van der Waals surface area contributed by atoms with Crippen LogP contribution in [0, 0.1) is 6.92 Å². The lowest BCUT2D eigenvalue weighted by Crippen LogP contribution is -2.34. The average molecular weight is 482 g/mol. The summed E-state index contributed by atoms with van der Waals surface area (Å²) in [5, 5.41) is 16.3. The van der Waals surface area contributed by atoms with Crippen LogP contribution in [-0.2, 0) is 0 Å². The molecule has 6 nitrogen and oxygen atoms in total. The summed E-state index contributed by atoms with van der Waals surface area (Å²) >= 11 is 8.61. The van der Waals surface area contributed by atoms with Crippen molar-refractivity contribution in [2.75, 3.05) is 5.32 Å². The van der Waals surface area contributed by atoms with Gasteiger partial charge in [-0.3, -0.25) is 10.1 Å². The van der Waals surface area contributed by atoms with Crippen molar-refractivity contribution < 1.29 is 14.3 Å². The summed E-state index contributed by atoms with van der Waals surface area (Å²) in [6.45, 7) is 1.76. The Balaban J connectivity index is 1.56. The summed E-state index contributed by atoms with van der Waals surface area (Å²) in [6, 6.07) is 17.7. The maximum absolute atomic E-state index is 12.3. The van der Waals surface area contributed by atoms with Gasteiger partial charge in [0.05, 0.1) is 5.56 Å². The molecule has 0 saturated carbocycles. The van der Waals surface area contributed by atoms with Gasteiger partial charge in [0.1, 0.15) is 11.3 Å². The summed E-state index contributed by atoms with van der Waals surface area (Å²) in [5.74, 6) is 0.0388. The van der Waals surface area contributed by atoms with Crippen molar-refractivity contribution in [3.8, 4) is 17.2 Å². The number of carbonyl (C=O) groups excluding carboxylic acids is 1. The van der Waals surface area contributed by atoms with E-state index >= 15 is 0 Å². The van der Waals surface area contributed by atoms with Gasteiger partial charge in [0.15, 0.2) is 10.7 Å². The van der Waals surface area contributed by atoms with Crippen LogP contribution < -0.4 is 10.6 Å². The van der Waals surface area contributed by atoms with Crippen LogP contribution >= 0.6 is 28.1 Å². The van der Waals surface area contributed by atoms with Crippen molar-refractivity contribution in [1.29, 1.82) is 0 Å². The van der Waals surface area contributed by atoms with Crippen LogP contribution in [0.3, 0.4) is 0 Å². The number of aromatic hydroxyl groups is 1. The minimum Gasteiger partial charge on any atom is -0.507 e. The number of hydrogen-bond acceptors (Lipinski definition) is 5. The number of nitrogens with one attached hydrogen (secondary N) is 2. The third kappa shape index (κ3) is 4.19. The summed E-state index contributed by atoms with van der Waals surface area (Å²) < 4.78 is 6.66. The van der Waals surface area contributed by atoms with Gasteiger partial charge in [0.25, 0.3) is 5.91 Å². The molecule has 0 atom stereocenters. The van der Waals surface area contributed by atoms with Crippen molar-refractivity contribution in [2.45, 2.75) is 6.92 Å². The number of aryl methyl sites for hydroxylation is 1. The number of amides is 1. The number of benzene rings is 3. The molecule has 3 aromatic carbocycles. The van der Waals surface area contributed by atoms with E-state index < -0.39 is 0 Å². The molecule has 0 bridgehead atoms. The monoisotopic (exact) mass is 481 g/mol. The number of phenolic OH excluding ortho intramolecular Hbond substituents is 1. The highest BCUT2D eigenvalue weighted by molar-refractivity contribution is 9.10. The molecule has 1 amide bonds. The fourth-order valence-electron chi connectivity index (χ4n) is 2.94. The number of hydrogen-bond donors (Lipinski definition) is 3. The van der Waals surface area contributed by atoms with Gasteiger partial charge in [0, 0.05) is 15.7 Å². The van der Waals surface area contributed by atoms with Gasteiger partial charge in [0.2, 0.25) is 5.89 Å². The molecule has 4 aromatic rings. The van der Waals surface area contributed by atoms with E-state index in [1.54, 1.807) is 43.3 Å². The van der Waals surface area contributed by atoms with Gasteiger partial charge in [-0.05, 0) is 73.2 Å². The molecule has 4 rings (SSSR count). The van der Waals surface area contributed by atoms with E-state index in [4.69, 9.17) is 16.6 Å². The number of thiocarbonyl (C=S) groups is 1. The van der Waals surface area contributed by atoms with Gasteiger partial charge >= 0.3 is 0 Å². The molecule has 0 aliphatic carbocycles. The summed E-state index contributed by atoms with van der Waals surface area (Å²) in [7, 11) is 0. The first-order chi connectivity index (χ1) is 14.4. The van der Waals surface area contributed by atoms with Gasteiger partial charge in [-0.1, -0.05) is 28.1 Å². The van der Waals surface area contributed by atoms with Gasteiger partial charge in [-0.15, -0.1) is 0 Å². The van der Waals surface area contributed by atoms with Crippen LogP contribution in [0.2, 0.25) is 0 Å². The lowest BCUT2D eigenvalue weighted by molar-refractivity contribution is 0.0977. The maximum atomic E-state index is 12.3. The molecule has 0 radical (unpaired) electrons. The molecule has 0 fully saturated rings. The highest BCUT2D eigenvalue weighted by Gasteiger charge is 2.16. The number of carbonyl (C=O) groups is 1. The first-order valence-electron chi connectivity index (χ1n) is 8.98. The molecule has 1 aromatic heterocycles. The molecule has 150 valence electrons. The second-order valence-electron chi connectivity index (χ2n) is 6.59. The number of halogens is 1. The summed E-state index contributed by atoms with van der Waals surface area (Å²) in [5.41, 5.74) is 3.43. The minimum atomic E-state index is -0.324. The van der Waals surface area contributed by atoms with E-state index in [0.717, 1.165) is 4.47 Å². The smallest absolute Gasteiger partial charge is 0.257 e. The number of nitrogens with zero attached hydrogens (tertiary/aromatic N) is 1. The number of phenols is 1. The molecule has 0 saturated heterocycles. The zero-order valence-corrected chi connectivity index (χ0v) is 18.2. The molecule has 1 heterocycles. The zero-order valence-electron chi connectivity index (χ0n) is 15.8. The Kier molecular flexibility index (Phi) is 5.52. The predicted octanol–water partition coefficient (Wildman–Crippen LogP) is 5.40. The number of fused-ring (bicyclic) bond motifs is 1.